The zero-order valence-corrected chi connectivity index (χ0v) is 15.7. The van der Waals surface area contributed by atoms with E-state index in [0.29, 0.717) is 32.5 Å². The lowest BCUT2D eigenvalue weighted by atomic mass is 9.97. The fourth-order valence-corrected chi connectivity index (χ4v) is 4.29. The Hall–Kier alpha value is -2.19. The van der Waals surface area contributed by atoms with Crippen molar-refractivity contribution in [2.24, 2.45) is 5.92 Å². The van der Waals surface area contributed by atoms with Crippen molar-refractivity contribution in [2.45, 2.75) is 26.3 Å². The first-order chi connectivity index (χ1) is 12.5. The van der Waals surface area contributed by atoms with Crippen molar-refractivity contribution < 1.29 is 13.2 Å². The molecule has 2 aromatic rings. The molecule has 1 amide bonds. The highest BCUT2D eigenvalue weighted by Gasteiger charge is 2.30. The van der Waals surface area contributed by atoms with Crippen LogP contribution >= 0.6 is 0 Å². The van der Waals surface area contributed by atoms with Gasteiger partial charge in [-0.2, -0.15) is 5.10 Å². The standard InChI is InChI=1S/C18H24N4O3S/c1-2-26(24,25)22-12-8-15(9-13-22)18(23)20-17-7-4-3-6-16(17)14-21-11-5-10-19-21/h3-7,10-11,15H,2,8-9,12-14H2,1H3,(H,20,23). The molecule has 0 unspecified atom stereocenters. The molecule has 3 rings (SSSR count). The van der Waals surface area contributed by atoms with E-state index in [9.17, 15) is 13.2 Å². The molecule has 8 heteroatoms. The van der Waals surface area contributed by atoms with Gasteiger partial charge in [0.2, 0.25) is 15.9 Å². The summed E-state index contributed by atoms with van der Waals surface area (Å²) in [5.74, 6) is -0.118. The molecule has 1 aromatic heterocycles. The molecular formula is C18H24N4O3S. The third-order valence-corrected chi connectivity index (χ3v) is 6.63. The number of hydrogen-bond acceptors (Lipinski definition) is 4. The summed E-state index contributed by atoms with van der Waals surface area (Å²) in [7, 11) is -3.17. The van der Waals surface area contributed by atoms with Crippen LogP contribution in [0.3, 0.4) is 0 Å². The second kappa shape index (κ2) is 8.01. The first-order valence-electron chi connectivity index (χ1n) is 8.83. The van der Waals surface area contributed by atoms with E-state index in [1.54, 1.807) is 17.8 Å². The van der Waals surface area contributed by atoms with Crippen LogP contribution in [0.2, 0.25) is 0 Å². The number of para-hydroxylation sites is 1. The number of aromatic nitrogens is 2. The summed E-state index contributed by atoms with van der Waals surface area (Å²) >= 11 is 0. The topological polar surface area (TPSA) is 84.3 Å². The normalized spacial score (nSPS) is 16.5. The second-order valence-corrected chi connectivity index (χ2v) is 8.68. The van der Waals surface area contributed by atoms with Gasteiger partial charge in [-0.15, -0.1) is 0 Å². The molecule has 7 nitrogen and oxygen atoms in total. The van der Waals surface area contributed by atoms with Crippen molar-refractivity contribution in [1.82, 2.24) is 14.1 Å². The summed E-state index contributed by atoms with van der Waals surface area (Å²) in [6, 6.07) is 9.53. The van der Waals surface area contributed by atoms with Gasteiger partial charge in [-0.25, -0.2) is 12.7 Å². The number of rotatable bonds is 6. The van der Waals surface area contributed by atoms with Crippen LogP contribution in [0.1, 0.15) is 25.3 Å². The molecule has 1 fully saturated rings. The Morgan fingerprint density at radius 2 is 1.96 bits per heavy atom. The summed E-state index contributed by atoms with van der Waals surface area (Å²) in [4.78, 5) is 12.6. The van der Waals surface area contributed by atoms with Crippen LogP contribution in [0.5, 0.6) is 0 Å². The molecule has 140 valence electrons. The molecule has 0 saturated carbocycles. The van der Waals surface area contributed by atoms with Crippen LogP contribution in [0, 0.1) is 5.92 Å². The van der Waals surface area contributed by atoms with Gasteiger partial charge in [-0.1, -0.05) is 18.2 Å². The summed E-state index contributed by atoms with van der Waals surface area (Å²) in [5.41, 5.74) is 1.76. The maximum Gasteiger partial charge on any atom is 0.227 e. The Balaban J connectivity index is 1.63. The summed E-state index contributed by atoms with van der Waals surface area (Å²) in [5, 5.41) is 7.21. The van der Waals surface area contributed by atoms with Gasteiger partial charge in [-0.3, -0.25) is 9.48 Å². The van der Waals surface area contributed by atoms with E-state index in [2.05, 4.69) is 10.4 Å². The minimum absolute atomic E-state index is 0.0496. The molecule has 1 aromatic carbocycles. The van der Waals surface area contributed by atoms with E-state index >= 15 is 0 Å². The Bertz CT molecular complexity index is 841. The maximum absolute atomic E-state index is 12.6. The number of amides is 1. The largest absolute Gasteiger partial charge is 0.326 e. The number of nitrogens with one attached hydrogen (secondary N) is 1. The van der Waals surface area contributed by atoms with Crippen molar-refractivity contribution in [3.63, 3.8) is 0 Å². The molecule has 1 N–H and O–H groups in total. The van der Waals surface area contributed by atoms with Gasteiger partial charge in [-0.05, 0) is 37.5 Å². The number of hydrogen-bond donors (Lipinski definition) is 1. The van der Waals surface area contributed by atoms with Crippen molar-refractivity contribution in [3.8, 4) is 0 Å². The molecule has 26 heavy (non-hydrogen) atoms. The molecular weight excluding hydrogens is 352 g/mol. The van der Waals surface area contributed by atoms with E-state index in [1.165, 1.54) is 4.31 Å². The van der Waals surface area contributed by atoms with Crippen LogP contribution in [0.4, 0.5) is 5.69 Å². The fourth-order valence-electron chi connectivity index (χ4n) is 3.16. The molecule has 0 bridgehead atoms. The highest BCUT2D eigenvalue weighted by Crippen LogP contribution is 2.23. The van der Waals surface area contributed by atoms with Crippen molar-refractivity contribution in [1.29, 1.82) is 0 Å². The summed E-state index contributed by atoms with van der Waals surface area (Å²) < 4.78 is 27.2. The minimum Gasteiger partial charge on any atom is -0.326 e. The maximum atomic E-state index is 12.6. The first kappa shape index (κ1) is 18.6. The third-order valence-electron chi connectivity index (χ3n) is 4.75. The van der Waals surface area contributed by atoms with Crippen LogP contribution in [-0.4, -0.2) is 47.3 Å². The van der Waals surface area contributed by atoms with Crippen molar-refractivity contribution in [2.75, 3.05) is 24.2 Å². The molecule has 0 radical (unpaired) electrons. The van der Waals surface area contributed by atoms with Gasteiger partial charge in [0.15, 0.2) is 0 Å². The lowest BCUT2D eigenvalue weighted by Crippen LogP contribution is -2.42. The number of benzene rings is 1. The van der Waals surface area contributed by atoms with Gasteiger partial charge >= 0.3 is 0 Å². The van der Waals surface area contributed by atoms with Crippen LogP contribution in [0.15, 0.2) is 42.7 Å². The van der Waals surface area contributed by atoms with Gasteiger partial charge in [0.1, 0.15) is 0 Å². The Morgan fingerprint density at radius 3 is 2.62 bits per heavy atom. The van der Waals surface area contributed by atoms with E-state index in [0.717, 1.165) is 11.3 Å². The van der Waals surface area contributed by atoms with Gasteiger partial charge < -0.3 is 5.32 Å². The zero-order chi connectivity index (χ0) is 18.6. The molecule has 0 spiro atoms. The highest BCUT2D eigenvalue weighted by molar-refractivity contribution is 7.89. The van der Waals surface area contributed by atoms with Crippen LogP contribution < -0.4 is 5.32 Å². The minimum atomic E-state index is -3.17. The molecule has 0 aliphatic carbocycles. The third kappa shape index (κ3) is 4.31. The van der Waals surface area contributed by atoms with Gasteiger partial charge in [0.05, 0.1) is 12.3 Å². The number of nitrogens with zero attached hydrogens (tertiary/aromatic N) is 3. The second-order valence-electron chi connectivity index (χ2n) is 6.42. The predicted octanol–water partition coefficient (Wildman–Crippen LogP) is 1.93. The average molecular weight is 376 g/mol. The lowest BCUT2D eigenvalue weighted by molar-refractivity contribution is -0.120. The quantitative estimate of drug-likeness (QED) is 0.835. The first-order valence-corrected chi connectivity index (χ1v) is 10.4. The van der Waals surface area contributed by atoms with E-state index in [4.69, 9.17) is 0 Å². The SMILES string of the molecule is CCS(=O)(=O)N1CCC(C(=O)Nc2ccccc2Cn2cccn2)CC1. The van der Waals surface area contributed by atoms with Gasteiger partial charge in [0, 0.05) is 37.1 Å². The average Bonchev–Trinajstić information content (AvgIpc) is 3.16. The molecule has 0 atom stereocenters. The molecule has 2 heterocycles. The highest BCUT2D eigenvalue weighted by atomic mass is 32.2. The molecule has 1 saturated heterocycles. The monoisotopic (exact) mass is 376 g/mol. The molecule has 1 aliphatic rings. The van der Waals surface area contributed by atoms with E-state index in [-0.39, 0.29) is 17.6 Å². The van der Waals surface area contributed by atoms with Crippen LogP contribution in [-0.2, 0) is 21.4 Å². The number of sulfonamides is 1. The fraction of sp³-hybridized carbons (Fsp3) is 0.444. The Labute approximate surface area is 154 Å². The van der Waals surface area contributed by atoms with Crippen molar-refractivity contribution in [3.05, 3.63) is 48.3 Å². The Morgan fingerprint density at radius 1 is 1.23 bits per heavy atom. The smallest absolute Gasteiger partial charge is 0.227 e. The Kier molecular flexibility index (Phi) is 5.73. The summed E-state index contributed by atoms with van der Waals surface area (Å²) in [6.45, 7) is 3.04. The molecule has 1 aliphatic heterocycles. The number of anilines is 1. The van der Waals surface area contributed by atoms with E-state index in [1.807, 2.05) is 36.5 Å². The van der Waals surface area contributed by atoms with Gasteiger partial charge in [0.25, 0.3) is 0 Å². The number of piperidine rings is 1. The summed E-state index contributed by atoms with van der Waals surface area (Å²) in [6.07, 6.45) is 4.70. The predicted molar refractivity (Wildman–Crippen MR) is 100 cm³/mol. The lowest BCUT2D eigenvalue weighted by Gasteiger charge is -2.30. The number of carbonyl (C=O) groups is 1. The van der Waals surface area contributed by atoms with Crippen LogP contribution in [0.25, 0.3) is 0 Å². The number of carbonyl (C=O) groups excluding carboxylic acids is 1. The van der Waals surface area contributed by atoms with Crippen molar-refractivity contribution >= 4 is 21.6 Å². The van der Waals surface area contributed by atoms with E-state index < -0.39 is 10.0 Å². The zero-order valence-electron chi connectivity index (χ0n) is 14.8.